The number of hydrogen-bond acceptors (Lipinski definition) is 3. The molecule has 0 aromatic heterocycles. The van der Waals surface area contributed by atoms with E-state index in [-0.39, 0.29) is 5.60 Å². The van der Waals surface area contributed by atoms with Crippen LogP contribution >= 0.6 is 11.8 Å². The Morgan fingerprint density at radius 3 is 2.88 bits per heavy atom. The zero-order chi connectivity index (χ0) is 11.4. The quantitative estimate of drug-likeness (QED) is 0.828. The molecular formula is C13H25NOS. The molecule has 0 bridgehead atoms. The fourth-order valence-electron chi connectivity index (χ4n) is 3.09. The third-order valence-corrected chi connectivity index (χ3v) is 5.15. The van der Waals surface area contributed by atoms with E-state index in [2.05, 4.69) is 18.7 Å². The normalized spacial score (nSPS) is 31.5. The molecule has 2 aliphatic rings. The molecule has 2 aliphatic heterocycles. The first-order chi connectivity index (χ1) is 7.76. The molecule has 2 unspecified atom stereocenters. The second-order valence-electron chi connectivity index (χ2n) is 5.35. The highest BCUT2D eigenvalue weighted by molar-refractivity contribution is 7.99. The summed E-state index contributed by atoms with van der Waals surface area (Å²) in [7, 11) is 0. The van der Waals surface area contributed by atoms with Crippen molar-refractivity contribution in [3.05, 3.63) is 0 Å². The van der Waals surface area contributed by atoms with Gasteiger partial charge in [-0.1, -0.05) is 13.3 Å². The first-order valence-electron chi connectivity index (χ1n) is 6.73. The molecular weight excluding hydrogens is 218 g/mol. The van der Waals surface area contributed by atoms with Gasteiger partial charge in [0.25, 0.3) is 0 Å². The molecule has 2 N–H and O–H groups in total. The summed E-state index contributed by atoms with van der Waals surface area (Å²) in [5.74, 6) is 3.25. The average molecular weight is 243 g/mol. The van der Waals surface area contributed by atoms with Crippen LogP contribution in [0.1, 0.15) is 45.4 Å². The second kappa shape index (κ2) is 5.74. The molecule has 0 aromatic carbocycles. The Hall–Kier alpha value is 0.270. The van der Waals surface area contributed by atoms with Crippen LogP contribution in [0, 0.1) is 5.92 Å². The minimum absolute atomic E-state index is 0.208. The van der Waals surface area contributed by atoms with Crippen molar-refractivity contribution in [1.29, 1.82) is 0 Å². The Morgan fingerprint density at radius 1 is 1.44 bits per heavy atom. The van der Waals surface area contributed by atoms with Gasteiger partial charge in [-0.25, -0.2) is 0 Å². The lowest BCUT2D eigenvalue weighted by Crippen LogP contribution is -2.47. The molecule has 2 nitrogen and oxygen atoms in total. The van der Waals surface area contributed by atoms with Crippen molar-refractivity contribution in [3.63, 3.8) is 0 Å². The molecule has 0 amide bonds. The largest absolute Gasteiger partial charge is 0.375 e. The molecule has 16 heavy (non-hydrogen) atoms. The molecule has 2 atom stereocenters. The van der Waals surface area contributed by atoms with Gasteiger partial charge >= 0.3 is 0 Å². The van der Waals surface area contributed by atoms with Crippen LogP contribution in [0.25, 0.3) is 0 Å². The zero-order valence-corrected chi connectivity index (χ0v) is 11.2. The second-order valence-corrected chi connectivity index (χ2v) is 6.57. The van der Waals surface area contributed by atoms with Gasteiger partial charge in [-0.3, -0.25) is 0 Å². The predicted octanol–water partition coefficient (Wildman–Crippen LogP) is 2.81. The van der Waals surface area contributed by atoms with Crippen LogP contribution in [-0.4, -0.2) is 29.8 Å². The van der Waals surface area contributed by atoms with E-state index in [1.165, 1.54) is 50.0 Å². The van der Waals surface area contributed by atoms with E-state index in [9.17, 15) is 0 Å². The van der Waals surface area contributed by atoms with Crippen molar-refractivity contribution >= 4 is 11.8 Å². The maximum atomic E-state index is 6.29. The van der Waals surface area contributed by atoms with Crippen molar-refractivity contribution in [2.45, 2.75) is 57.1 Å². The number of hydrogen-bond donors (Lipinski definition) is 1. The van der Waals surface area contributed by atoms with E-state index < -0.39 is 0 Å². The third-order valence-electron chi connectivity index (χ3n) is 4.16. The lowest BCUT2D eigenvalue weighted by atomic mass is 9.78. The van der Waals surface area contributed by atoms with Crippen LogP contribution < -0.4 is 5.73 Å². The lowest BCUT2D eigenvalue weighted by Gasteiger charge is -2.44. The fourth-order valence-corrected chi connectivity index (χ4v) is 4.33. The Kier molecular flexibility index (Phi) is 4.57. The number of nitrogens with two attached hydrogens (primary N) is 1. The third kappa shape index (κ3) is 2.93. The summed E-state index contributed by atoms with van der Waals surface area (Å²) < 4.78 is 6.10. The van der Waals surface area contributed by atoms with Crippen LogP contribution in [0.5, 0.6) is 0 Å². The summed E-state index contributed by atoms with van der Waals surface area (Å²) in [4.78, 5) is 0. The van der Waals surface area contributed by atoms with Crippen LogP contribution in [0.2, 0.25) is 0 Å². The van der Waals surface area contributed by atoms with E-state index in [1.807, 2.05) is 0 Å². The summed E-state index contributed by atoms with van der Waals surface area (Å²) in [6, 6.07) is 0.403. The number of thioether (sulfide) groups is 1. The summed E-state index contributed by atoms with van der Waals surface area (Å²) in [6.45, 7) is 3.17. The molecule has 2 fully saturated rings. The molecule has 94 valence electrons. The number of ether oxygens (including phenoxy) is 1. The van der Waals surface area contributed by atoms with E-state index >= 15 is 0 Å². The van der Waals surface area contributed by atoms with Gasteiger partial charge in [0, 0.05) is 12.6 Å². The van der Waals surface area contributed by atoms with E-state index in [0.717, 1.165) is 6.61 Å². The molecule has 2 rings (SSSR count). The smallest absolute Gasteiger partial charge is 0.0701 e. The van der Waals surface area contributed by atoms with Gasteiger partial charge in [0.1, 0.15) is 0 Å². The maximum Gasteiger partial charge on any atom is 0.0701 e. The Morgan fingerprint density at radius 2 is 2.19 bits per heavy atom. The van der Waals surface area contributed by atoms with Crippen molar-refractivity contribution in [3.8, 4) is 0 Å². The average Bonchev–Trinajstić information content (AvgIpc) is 2.30. The van der Waals surface area contributed by atoms with Crippen LogP contribution in [0.4, 0.5) is 0 Å². The van der Waals surface area contributed by atoms with E-state index in [0.29, 0.717) is 12.0 Å². The molecule has 3 heteroatoms. The van der Waals surface area contributed by atoms with E-state index in [4.69, 9.17) is 10.5 Å². The Bertz CT molecular complexity index is 210. The first-order valence-corrected chi connectivity index (χ1v) is 7.88. The van der Waals surface area contributed by atoms with Gasteiger partial charge in [-0.05, 0) is 49.5 Å². The SMILES string of the molecule is CCCC(N)C1CCOC2(CCSCC2)C1. The highest BCUT2D eigenvalue weighted by atomic mass is 32.2. The standard InChI is InChI=1S/C13H25NOS/c1-2-3-12(14)11-4-7-15-13(10-11)5-8-16-9-6-13/h11-12H,2-10,14H2,1H3. The highest BCUT2D eigenvalue weighted by Crippen LogP contribution is 2.40. The lowest BCUT2D eigenvalue weighted by molar-refractivity contribution is -0.105. The predicted molar refractivity (Wildman–Crippen MR) is 70.8 cm³/mol. The molecule has 0 aliphatic carbocycles. The molecule has 0 radical (unpaired) electrons. The van der Waals surface area contributed by atoms with Crippen LogP contribution in [-0.2, 0) is 4.74 Å². The van der Waals surface area contributed by atoms with Gasteiger partial charge in [0.2, 0.25) is 0 Å². The number of rotatable bonds is 3. The monoisotopic (exact) mass is 243 g/mol. The molecule has 2 heterocycles. The summed E-state index contributed by atoms with van der Waals surface area (Å²) in [6.07, 6.45) is 7.27. The van der Waals surface area contributed by atoms with Crippen LogP contribution in [0.3, 0.4) is 0 Å². The van der Waals surface area contributed by atoms with Gasteiger partial charge in [0.15, 0.2) is 0 Å². The Balaban J connectivity index is 1.92. The van der Waals surface area contributed by atoms with Gasteiger partial charge in [-0.2, -0.15) is 11.8 Å². The fraction of sp³-hybridized carbons (Fsp3) is 1.00. The first kappa shape index (κ1) is 12.7. The van der Waals surface area contributed by atoms with Crippen LogP contribution in [0.15, 0.2) is 0 Å². The minimum atomic E-state index is 0.208. The summed E-state index contributed by atoms with van der Waals surface area (Å²) in [5, 5.41) is 0. The maximum absolute atomic E-state index is 6.29. The van der Waals surface area contributed by atoms with Crippen molar-refractivity contribution in [2.24, 2.45) is 11.7 Å². The van der Waals surface area contributed by atoms with Crippen molar-refractivity contribution in [2.75, 3.05) is 18.1 Å². The molecule has 2 saturated heterocycles. The van der Waals surface area contributed by atoms with Gasteiger partial charge < -0.3 is 10.5 Å². The topological polar surface area (TPSA) is 35.2 Å². The summed E-state index contributed by atoms with van der Waals surface area (Å²) in [5.41, 5.74) is 6.50. The Labute approximate surface area is 104 Å². The summed E-state index contributed by atoms with van der Waals surface area (Å²) >= 11 is 2.07. The molecule has 1 spiro atoms. The van der Waals surface area contributed by atoms with Gasteiger partial charge in [-0.15, -0.1) is 0 Å². The highest BCUT2D eigenvalue weighted by Gasteiger charge is 2.39. The van der Waals surface area contributed by atoms with E-state index in [1.54, 1.807) is 0 Å². The zero-order valence-electron chi connectivity index (χ0n) is 10.4. The minimum Gasteiger partial charge on any atom is -0.375 e. The van der Waals surface area contributed by atoms with Crippen molar-refractivity contribution < 1.29 is 4.74 Å². The van der Waals surface area contributed by atoms with Crippen molar-refractivity contribution in [1.82, 2.24) is 0 Å². The van der Waals surface area contributed by atoms with Gasteiger partial charge in [0.05, 0.1) is 5.60 Å². The molecule has 0 aromatic rings. The molecule has 0 saturated carbocycles.